The molecule has 0 atom stereocenters. The van der Waals surface area contributed by atoms with Crippen LogP contribution in [0.2, 0.25) is 10.0 Å². The van der Waals surface area contributed by atoms with Crippen LogP contribution in [-0.4, -0.2) is 13.1 Å². The Morgan fingerprint density at radius 3 is 2.14 bits per heavy atom. The molecule has 0 fully saturated rings. The fraction of sp³-hybridized carbons (Fsp3) is 0.294. The van der Waals surface area contributed by atoms with E-state index in [0.29, 0.717) is 10.0 Å². The maximum atomic E-state index is 6.02. The molecule has 2 aromatic rings. The molecule has 0 aromatic heterocycles. The Morgan fingerprint density at radius 1 is 0.905 bits per heavy atom. The largest absolute Gasteiger partial charge is 0.381 e. The van der Waals surface area contributed by atoms with Crippen LogP contribution in [0.25, 0.3) is 0 Å². The van der Waals surface area contributed by atoms with Crippen LogP contribution < -0.4 is 10.2 Å². The molecule has 4 heteroatoms. The molecule has 0 bridgehead atoms. The first-order chi connectivity index (χ1) is 10.1. The second kappa shape index (κ2) is 7.58. The first-order valence-electron chi connectivity index (χ1n) is 7.16. The monoisotopic (exact) mass is 322 g/mol. The number of anilines is 2. The molecule has 2 nitrogen and oxygen atoms in total. The fourth-order valence-corrected chi connectivity index (χ4v) is 2.55. The average Bonchev–Trinajstić information content (AvgIpc) is 2.51. The number of rotatable bonds is 6. The predicted octanol–water partition coefficient (Wildman–Crippen LogP) is 5.45. The zero-order valence-corrected chi connectivity index (χ0v) is 13.9. The van der Waals surface area contributed by atoms with E-state index in [1.807, 2.05) is 18.2 Å². The Hall–Kier alpha value is -1.38. The molecular weight excluding hydrogens is 303 g/mol. The topological polar surface area (TPSA) is 15.3 Å². The number of nitrogens with zero attached hydrogens (tertiary/aromatic N) is 1. The van der Waals surface area contributed by atoms with E-state index < -0.39 is 0 Å². The summed E-state index contributed by atoms with van der Waals surface area (Å²) in [5, 5.41) is 4.57. The summed E-state index contributed by atoms with van der Waals surface area (Å²) in [5.41, 5.74) is 3.45. The third-order valence-corrected chi connectivity index (χ3v) is 4.22. The van der Waals surface area contributed by atoms with Gasteiger partial charge in [-0.2, -0.15) is 0 Å². The standard InChI is InChI=1S/C17H20Cl2N2/c1-3-21(4-2)15-8-6-14(7-9-15)20-12-13-5-10-16(18)17(19)11-13/h5-11,20H,3-4,12H2,1-2H3. The molecular formula is C17H20Cl2N2. The Balaban J connectivity index is 1.98. The van der Waals surface area contributed by atoms with Crippen LogP contribution in [0.3, 0.4) is 0 Å². The molecule has 21 heavy (non-hydrogen) atoms. The van der Waals surface area contributed by atoms with Crippen molar-refractivity contribution in [2.75, 3.05) is 23.3 Å². The zero-order chi connectivity index (χ0) is 15.2. The zero-order valence-electron chi connectivity index (χ0n) is 12.4. The molecule has 0 aliphatic heterocycles. The van der Waals surface area contributed by atoms with Gasteiger partial charge in [-0.3, -0.25) is 0 Å². The summed E-state index contributed by atoms with van der Waals surface area (Å²) in [7, 11) is 0. The van der Waals surface area contributed by atoms with Crippen molar-refractivity contribution in [2.24, 2.45) is 0 Å². The van der Waals surface area contributed by atoms with E-state index in [0.717, 1.165) is 30.9 Å². The van der Waals surface area contributed by atoms with E-state index in [1.54, 1.807) is 0 Å². The van der Waals surface area contributed by atoms with Gasteiger partial charge in [0.05, 0.1) is 10.0 Å². The number of benzene rings is 2. The summed E-state index contributed by atoms with van der Waals surface area (Å²) in [6, 6.07) is 14.2. The van der Waals surface area contributed by atoms with Gasteiger partial charge in [0, 0.05) is 31.0 Å². The van der Waals surface area contributed by atoms with E-state index in [2.05, 4.69) is 48.3 Å². The molecule has 0 aliphatic carbocycles. The lowest BCUT2D eigenvalue weighted by atomic mass is 10.2. The van der Waals surface area contributed by atoms with Crippen molar-refractivity contribution < 1.29 is 0 Å². The van der Waals surface area contributed by atoms with Crippen LogP contribution in [0, 0.1) is 0 Å². The third kappa shape index (κ3) is 4.29. The highest BCUT2D eigenvalue weighted by molar-refractivity contribution is 6.42. The van der Waals surface area contributed by atoms with Crippen LogP contribution in [0.5, 0.6) is 0 Å². The smallest absolute Gasteiger partial charge is 0.0595 e. The summed E-state index contributed by atoms with van der Waals surface area (Å²) in [6.45, 7) is 7.10. The highest BCUT2D eigenvalue weighted by atomic mass is 35.5. The first kappa shape index (κ1) is 16.0. The van der Waals surface area contributed by atoms with Gasteiger partial charge in [-0.1, -0.05) is 29.3 Å². The lowest BCUT2D eigenvalue weighted by molar-refractivity contribution is 0.866. The molecule has 1 N–H and O–H groups in total. The molecule has 0 heterocycles. The van der Waals surface area contributed by atoms with Gasteiger partial charge in [0.1, 0.15) is 0 Å². The van der Waals surface area contributed by atoms with Crippen molar-refractivity contribution in [3.8, 4) is 0 Å². The normalized spacial score (nSPS) is 10.5. The van der Waals surface area contributed by atoms with Crippen molar-refractivity contribution in [3.63, 3.8) is 0 Å². The van der Waals surface area contributed by atoms with Gasteiger partial charge >= 0.3 is 0 Å². The first-order valence-corrected chi connectivity index (χ1v) is 7.92. The van der Waals surface area contributed by atoms with E-state index in [1.165, 1.54) is 5.69 Å². The van der Waals surface area contributed by atoms with Crippen LogP contribution in [0.15, 0.2) is 42.5 Å². The number of nitrogens with one attached hydrogen (secondary N) is 1. The summed E-state index contributed by atoms with van der Waals surface area (Å²) >= 11 is 11.9. The average molecular weight is 323 g/mol. The van der Waals surface area contributed by atoms with Crippen LogP contribution in [0.4, 0.5) is 11.4 Å². The van der Waals surface area contributed by atoms with E-state index >= 15 is 0 Å². The minimum absolute atomic E-state index is 0.587. The summed E-state index contributed by atoms with van der Waals surface area (Å²) < 4.78 is 0. The van der Waals surface area contributed by atoms with Crippen LogP contribution in [-0.2, 0) is 6.54 Å². The predicted molar refractivity (Wildman–Crippen MR) is 93.8 cm³/mol. The minimum Gasteiger partial charge on any atom is -0.381 e. The highest BCUT2D eigenvalue weighted by Gasteiger charge is 2.02. The number of hydrogen-bond donors (Lipinski definition) is 1. The van der Waals surface area contributed by atoms with E-state index in [4.69, 9.17) is 23.2 Å². The van der Waals surface area contributed by atoms with Gasteiger partial charge < -0.3 is 10.2 Å². The van der Waals surface area contributed by atoms with Gasteiger partial charge in [0.15, 0.2) is 0 Å². The molecule has 0 aliphatic rings. The van der Waals surface area contributed by atoms with E-state index in [9.17, 15) is 0 Å². The number of hydrogen-bond acceptors (Lipinski definition) is 2. The molecule has 2 aromatic carbocycles. The van der Waals surface area contributed by atoms with Gasteiger partial charge in [0.2, 0.25) is 0 Å². The van der Waals surface area contributed by atoms with Crippen molar-refractivity contribution in [2.45, 2.75) is 20.4 Å². The van der Waals surface area contributed by atoms with Crippen molar-refractivity contribution in [1.82, 2.24) is 0 Å². The van der Waals surface area contributed by atoms with Crippen molar-refractivity contribution in [3.05, 3.63) is 58.1 Å². The Morgan fingerprint density at radius 2 is 1.57 bits per heavy atom. The maximum absolute atomic E-state index is 6.02. The lowest BCUT2D eigenvalue weighted by Crippen LogP contribution is -2.21. The molecule has 0 saturated heterocycles. The van der Waals surface area contributed by atoms with E-state index in [-0.39, 0.29) is 0 Å². The third-order valence-electron chi connectivity index (χ3n) is 3.48. The summed E-state index contributed by atoms with van der Waals surface area (Å²) in [6.07, 6.45) is 0. The lowest BCUT2D eigenvalue weighted by Gasteiger charge is -2.21. The molecule has 0 radical (unpaired) electrons. The van der Waals surface area contributed by atoms with Crippen LogP contribution in [0.1, 0.15) is 19.4 Å². The second-order valence-electron chi connectivity index (χ2n) is 4.82. The SMILES string of the molecule is CCN(CC)c1ccc(NCc2ccc(Cl)c(Cl)c2)cc1. The quantitative estimate of drug-likeness (QED) is 0.760. The molecule has 2 rings (SSSR count). The van der Waals surface area contributed by atoms with Crippen molar-refractivity contribution >= 4 is 34.6 Å². The number of halogens is 2. The van der Waals surface area contributed by atoms with Gasteiger partial charge in [-0.15, -0.1) is 0 Å². The molecule has 0 unspecified atom stereocenters. The molecule has 0 saturated carbocycles. The second-order valence-corrected chi connectivity index (χ2v) is 5.64. The Labute approximate surface area is 136 Å². The Bertz CT molecular complexity index is 578. The Kier molecular flexibility index (Phi) is 5.77. The highest BCUT2D eigenvalue weighted by Crippen LogP contribution is 2.23. The molecule has 0 amide bonds. The fourth-order valence-electron chi connectivity index (χ4n) is 2.23. The molecule has 112 valence electrons. The molecule has 0 spiro atoms. The van der Waals surface area contributed by atoms with Crippen LogP contribution >= 0.6 is 23.2 Å². The van der Waals surface area contributed by atoms with Gasteiger partial charge in [-0.25, -0.2) is 0 Å². The van der Waals surface area contributed by atoms with Gasteiger partial charge in [0.25, 0.3) is 0 Å². The maximum Gasteiger partial charge on any atom is 0.0595 e. The minimum atomic E-state index is 0.587. The summed E-state index contributed by atoms with van der Waals surface area (Å²) in [4.78, 5) is 2.32. The van der Waals surface area contributed by atoms with Crippen molar-refractivity contribution in [1.29, 1.82) is 0 Å². The van der Waals surface area contributed by atoms with Gasteiger partial charge in [-0.05, 0) is 55.8 Å². The summed E-state index contributed by atoms with van der Waals surface area (Å²) in [5.74, 6) is 0.